The van der Waals surface area contributed by atoms with Crippen LogP contribution in [-0.4, -0.2) is 12.2 Å². The van der Waals surface area contributed by atoms with Gasteiger partial charge in [-0.25, -0.2) is 0 Å². The largest absolute Gasteiger partial charge is 0.496 e. The lowest BCUT2D eigenvalue weighted by molar-refractivity contribution is 0.214. The highest BCUT2D eigenvalue weighted by atomic mass is 16.5. The van der Waals surface area contributed by atoms with Crippen LogP contribution in [-0.2, 0) is 0 Å². The molecule has 0 aliphatic carbocycles. The average Bonchev–Trinajstić information content (AvgIpc) is 2.38. The average molecular weight is 242 g/mol. The van der Waals surface area contributed by atoms with E-state index < -0.39 is 6.10 Å². The molecule has 2 aromatic carbocycles. The molecular formula is C16H18O2. The monoisotopic (exact) mass is 242 g/mol. The van der Waals surface area contributed by atoms with E-state index in [2.05, 4.69) is 0 Å². The molecule has 0 spiro atoms. The summed E-state index contributed by atoms with van der Waals surface area (Å²) < 4.78 is 5.31. The highest BCUT2D eigenvalue weighted by molar-refractivity contribution is 5.43. The summed E-state index contributed by atoms with van der Waals surface area (Å²) in [6, 6.07) is 13.7. The van der Waals surface area contributed by atoms with Crippen molar-refractivity contribution in [1.29, 1.82) is 0 Å². The van der Waals surface area contributed by atoms with Gasteiger partial charge in [-0.1, -0.05) is 41.5 Å². The summed E-state index contributed by atoms with van der Waals surface area (Å²) in [6.45, 7) is 4.02. The van der Waals surface area contributed by atoms with E-state index in [0.717, 1.165) is 28.0 Å². The van der Waals surface area contributed by atoms with Gasteiger partial charge in [-0.3, -0.25) is 0 Å². The van der Waals surface area contributed by atoms with Crippen molar-refractivity contribution >= 4 is 0 Å². The molecule has 0 aliphatic rings. The van der Waals surface area contributed by atoms with E-state index in [1.807, 2.05) is 56.3 Å². The van der Waals surface area contributed by atoms with E-state index in [0.29, 0.717) is 0 Å². The molecule has 1 atom stereocenters. The van der Waals surface area contributed by atoms with E-state index in [1.54, 1.807) is 7.11 Å². The van der Waals surface area contributed by atoms with Crippen LogP contribution in [0.5, 0.6) is 5.75 Å². The van der Waals surface area contributed by atoms with Gasteiger partial charge in [0, 0.05) is 5.56 Å². The zero-order chi connectivity index (χ0) is 13.1. The summed E-state index contributed by atoms with van der Waals surface area (Å²) in [5.74, 6) is 0.717. The molecule has 0 bridgehead atoms. The van der Waals surface area contributed by atoms with Crippen LogP contribution in [0.15, 0.2) is 42.5 Å². The fourth-order valence-electron chi connectivity index (χ4n) is 2.09. The molecule has 0 aliphatic heterocycles. The molecule has 1 unspecified atom stereocenters. The summed E-state index contributed by atoms with van der Waals surface area (Å²) in [4.78, 5) is 0. The fraction of sp³-hybridized carbons (Fsp3) is 0.250. The van der Waals surface area contributed by atoms with Crippen LogP contribution in [0, 0.1) is 13.8 Å². The number of hydrogen-bond donors (Lipinski definition) is 1. The van der Waals surface area contributed by atoms with Crippen molar-refractivity contribution in [3.63, 3.8) is 0 Å². The van der Waals surface area contributed by atoms with Crippen molar-refractivity contribution in [3.05, 3.63) is 64.7 Å². The minimum atomic E-state index is -0.653. The molecule has 94 valence electrons. The Bertz CT molecular complexity index is 547. The van der Waals surface area contributed by atoms with Crippen LogP contribution in [0.4, 0.5) is 0 Å². The minimum Gasteiger partial charge on any atom is -0.496 e. The predicted molar refractivity (Wildman–Crippen MR) is 73.0 cm³/mol. The summed E-state index contributed by atoms with van der Waals surface area (Å²) >= 11 is 0. The Labute approximate surface area is 108 Å². The zero-order valence-corrected chi connectivity index (χ0v) is 11.0. The van der Waals surface area contributed by atoms with Gasteiger partial charge in [0.15, 0.2) is 0 Å². The van der Waals surface area contributed by atoms with E-state index in [4.69, 9.17) is 4.74 Å². The molecule has 0 saturated heterocycles. The molecule has 0 saturated carbocycles. The molecule has 0 aromatic heterocycles. The number of aliphatic hydroxyl groups is 1. The smallest absolute Gasteiger partial charge is 0.125 e. The Balaban J connectivity index is 2.44. The van der Waals surface area contributed by atoms with Crippen molar-refractivity contribution in [3.8, 4) is 5.75 Å². The third-order valence-corrected chi connectivity index (χ3v) is 3.04. The van der Waals surface area contributed by atoms with Gasteiger partial charge in [-0.2, -0.15) is 0 Å². The summed E-state index contributed by atoms with van der Waals surface area (Å²) in [6.07, 6.45) is -0.653. The van der Waals surface area contributed by atoms with Crippen LogP contribution in [0.2, 0.25) is 0 Å². The highest BCUT2D eigenvalue weighted by Gasteiger charge is 2.15. The zero-order valence-electron chi connectivity index (χ0n) is 11.0. The first kappa shape index (κ1) is 12.7. The quantitative estimate of drug-likeness (QED) is 0.894. The first-order chi connectivity index (χ1) is 8.61. The Morgan fingerprint density at radius 1 is 1.00 bits per heavy atom. The van der Waals surface area contributed by atoms with Gasteiger partial charge < -0.3 is 9.84 Å². The lowest BCUT2D eigenvalue weighted by atomic mass is 9.98. The van der Waals surface area contributed by atoms with Crippen LogP contribution in [0.1, 0.15) is 28.4 Å². The Kier molecular flexibility index (Phi) is 3.68. The van der Waals surface area contributed by atoms with Gasteiger partial charge >= 0.3 is 0 Å². The molecule has 2 aromatic rings. The molecule has 0 amide bonds. The van der Waals surface area contributed by atoms with Gasteiger partial charge in [0.05, 0.1) is 7.11 Å². The van der Waals surface area contributed by atoms with Crippen LogP contribution >= 0.6 is 0 Å². The molecule has 1 N–H and O–H groups in total. The van der Waals surface area contributed by atoms with E-state index in [-0.39, 0.29) is 0 Å². The summed E-state index contributed by atoms with van der Waals surface area (Å²) in [7, 11) is 1.62. The molecule has 0 radical (unpaired) electrons. The number of ether oxygens (including phenoxy) is 1. The van der Waals surface area contributed by atoms with Crippen LogP contribution in [0.3, 0.4) is 0 Å². The van der Waals surface area contributed by atoms with Gasteiger partial charge in [0.2, 0.25) is 0 Å². The number of hydrogen-bond acceptors (Lipinski definition) is 2. The maximum absolute atomic E-state index is 10.5. The van der Waals surface area contributed by atoms with E-state index in [1.165, 1.54) is 0 Å². The van der Waals surface area contributed by atoms with Gasteiger partial charge in [0.1, 0.15) is 11.9 Å². The SMILES string of the molecule is COc1ccc(C)cc1C(O)c1cccc(C)c1. The van der Waals surface area contributed by atoms with Gasteiger partial charge in [-0.15, -0.1) is 0 Å². The maximum atomic E-state index is 10.5. The normalized spacial score (nSPS) is 12.2. The Morgan fingerprint density at radius 3 is 2.39 bits per heavy atom. The lowest BCUT2D eigenvalue weighted by Crippen LogP contribution is -2.03. The molecular weight excluding hydrogens is 224 g/mol. The number of methoxy groups -OCH3 is 1. The minimum absolute atomic E-state index is 0.653. The standard InChI is InChI=1S/C16H18O2/c1-11-5-4-6-13(9-11)16(17)14-10-12(2)7-8-15(14)18-3/h4-10,16-17H,1-3H3. The third kappa shape index (κ3) is 2.54. The first-order valence-corrected chi connectivity index (χ1v) is 6.01. The molecule has 0 fully saturated rings. The fourth-order valence-corrected chi connectivity index (χ4v) is 2.09. The first-order valence-electron chi connectivity index (χ1n) is 6.01. The molecule has 2 rings (SSSR count). The number of aliphatic hydroxyl groups excluding tert-OH is 1. The van der Waals surface area contributed by atoms with Crippen LogP contribution in [0.25, 0.3) is 0 Å². The van der Waals surface area contributed by atoms with Crippen molar-refractivity contribution < 1.29 is 9.84 Å². The van der Waals surface area contributed by atoms with Gasteiger partial charge in [0.25, 0.3) is 0 Å². The number of aryl methyl sites for hydroxylation is 2. The summed E-state index contributed by atoms with van der Waals surface area (Å²) in [5, 5.41) is 10.5. The highest BCUT2D eigenvalue weighted by Crippen LogP contribution is 2.30. The number of rotatable bonds is 3. The molecule has 2 nitrogen and oxygen atoms in total. The van der Waals surface area contributed by atoms with Crippen molar-refractivity contribution in [1.82, 2.24) is 0 Å². The number of benzene rings is 2. The van der Waals surface area contributed by atoms with Gasteiger partial charge in [-0.05, 0) is 31.5 Å². The third-order valence-electron chi connectivity index (χ3n) is 3.04. The van der Waals surface area contributed by atoms with Crippen molar-refractivity contribution in [2.45, 2.75) is 20.0 Å². The molecule has 0 heterocycles. The lowest BCUT2D eigenvalue weighted by Gasteiger charge is -2.16. The Hall–Kier alpha value is -1.80. The predicted octanol–water partition coefficient (Wildman–Crippen LogP) is 3.39. The second kappa shape index (κ2) is 5.23. The molecule has 2 heteroatoms. The second-order valence-electron chi connectivity index (χ2n) is 4.56. The van der Waals surface area contributed by atoms with Crippen LogP contribution < -0.4 is 4.74 Å². The second-order valence-corrected chi connectivity index (χ2v) is 4.56. The van der Waals surface area contributed by atoms with Crippen molar-refractivity contribution in [2.75, 3.05) is 7.11 Å². The van der Waals surface area contributed by atoms with Crippen molar-refractivity contribution in [2.24, 2.45) is 0 Å². The molecule has 18 heavy (non-hydrogen) atoms. The van der Waals surface area contributed by atoms with E-state index in [9.17, 15) is 5.11 Å². The van der Waals surface area contributed by atoms with E-state index >= 15 is 0 Å². The maximum Gasteiger partial charge on any atom is 0.125 e. The topological polar surface area (TPSA) is 29.5 Å². The summed E-state index contributed by atoms with van der Waals surface area (Å²) in [5.41, 5.74) is 3.94. The Morgan fingerprint density at radius 2 is 1.72 bits per heavy atom.